The maximum absolute atomic E-state index is 11.9. The van der Waals surface area contributed by atoms with E-state index >= 15 is 0 Å². The first kappa shape index (κ1) is 14.4. The summed E-state index contributed by atoms with van der Waals surface area (Å²) in [5.41, 5.74) is 6.38. The van der Waals surface area contributed by atoms with E-state index in [1.54, 1.807) is 11.8 Å². The lowest BCUT2D eigenvalue weighted by Crippen LogP contribution is -2.59. The van der Waals surface area contributed by atoms with E-state index in [1.165, 1.54) is 10.5 Å². The smallest absolute Gasteiger partial charge is 0.238 e. The molecular weight excluding hydrogens is 256 g/mol. The number of primary amides is 1. The van der Waals surface area contributed by atoms with Crippen LogP contribution in [0.4, 0.5) is 0 Å². The Bertz CT molecular complexity index is 442. The Hall–Kier alpha value is -1.00. The maximum Gasteiger partial charge on any atom is 0.238 e. The first-order chi connectivity index (χ1) is 9.08. The third kappa shape index (κ3) is 3.31. The summed E-state index contributed by atoms with van der Waals surface area (Å²) in [7, 11) is 0. The van der Waals surface area contributed by atoms with E-state index in [4.69, 9.17) is 5.73 Å². The topological polar surface area (TPSA) is 55.1 Å². The van der Waals surface area contributed by atoms with Crippen molar-refractivity contribution in [3.05, 3.63) is 29.8 Å². The van der Waals surface area contributed by atoms with Crippen LogP contribution in [0.3, 0.4) is 0 Å². The molecule has 0 heterocycles. The first-order valence-electron chi connectivity index (χ1n) is 6.83. The van der Waals surface area contributed by atoms with Crippen LogP contribution in [0.5, 0.6) is 0 Å². The van der Waals surface area contributed by atoms with Crippen molar-refractivity contribution in [3.63, 3.8) is 0 Å². The second-order valence-electron chi connectivity index (χ2n) is 5.24. The highest BCUT2D eigenvalue weighted by Gasteiger charge is 2.49. The number of rotatable bonds is 7. The molecule has 3 nitrogen and oxygen atoms in total. The molecule has 1 fully saturated rings. The van der Waals surface area contributed by atoms with Gasteiger partial charge in [0.05, 0.1) is 0 Å². The molecule has 1 atom stereocenters. The summed E-state index contributed by atoms with van der Waals surface area (Å²) >= 11 is 1.71. The van der Waals surface area contributed by atoms with Crippen molar-refractivity contribution in [2.24, 2.45) is 11.7 Å². The normalized spacial score (nSPS) is 18.0. The van der Waals surface area contributed by atoms with Crippen molar-refractivity contribution < 1.29 is 4.79 Å². The van der Waals surface area contributed by atoms with Gasteiger partial charge in [-0.2, -0.15) is 0 Å². The van der Waals surface area contributed by atoms with E-state index in [9.17, 15) is 4.79 Å². The van der Waals surface area contributed by atoms with Crippen LogP contribution >= 0.6 is 11.8 Å². The molecule has 0 spiro atoms. The number of aryl methyl sites for hydroxylation is 1. The lowest BCUT2D eigenvalue weighted by molar-refractivity contribution is -0.124. The SMILES string of the molecule is CCNC(CSc1ccc(C)cc1)(C(N)=O)C1CC1. The number of likely N-dealkylation sites (N-methyl/N-ethyl adjacent to an activating group) is 1. The predicted molar refractivity (Wildman–Crippen MR) is 80.2 cm³/mol. The zero-order valence-electron chi connectivity index (χ0n) is 11.6. The lowest BCUT2D eigenvalue weighted by Gasteiger charge is -2.31. The summed E-state index contributed by atoms with van der Waals surface area (Å²) in [6.07, 6.45) is 2.20. The van der Waals surface area contributed by atoms with Crippen LogP contribution in [0, 0.1) is 12.8 Å². The van der Waals surface area contributed by atoms with Crippen molar-refractivity contribution in [2.45, 2.75) is 37.1 Å². The molecule has 1 saturated carbocycles. The van der Waals surface area contributed by atoms with E-state index < -0.39 is 5.54 Å². The number of hydrogen-bond donors (Lipinski definition) is 2. The predicted octanol–water partition coefficient (Wildman–Crippen LogP) is 2.33. The zero-order valence-corrected chi connectivity index (χ0v) is 12.4. The number of nitrogens with one attached hydrogen (secondary N) is 1. The minimum atomic E-state index is -0.537. The van der Waals surface area contributed by atoms with E-state index in [0.29, 0.717) is 11.7 Å². The third-order valence-corrected chi connectivity index (χ3v) is 4.90. The van der Waals surface area contributed by atoms with Crippen molar-refractivity contribution in [1.82, 2.24) is 5.32 Å². The molecule has 0 aromatic heterocycles. The fourth-order valence-electron chi connectivity index (χ4n) is 2.40. The molecule has 0 saturated heterocycles. The molecule has 1 aromatic rings. The van der Waals surface area contributed by atoms with Gasteiger partial charge < -0.3 is 11.1 Å². The molecule has 1 amide bonds. The summed E-state index contributed by atoms with van der Waals surface area (Å²) in [6.45, 7) is 4.87. The summed E-state index contributed by atoms with van der Waals surface area (Å²) in [4.78, 5) is 13.1. The van der Waals surface area contributed by atoms with Gasteiger partial charge in [0, 0.05) is 10.6 Å². The quantitative estimate of drug-likeness (QED) is 0.753. The molecule has 0 radical (unpaired) electrons. The van der Waals surface area contributed by atoms with E-state index in [0.717, 1.165) is 19.4 Å². The van der Waals surface area contributed by atoms with Gasteiger partial charge >= 0.3 is 0 Å². The standard InChI is InChI=1S/C15H22N2OS/c1-3-17-15(14(16)18,12-6-7-12)10-19-13-8-4-11(2)5-9-13/h4-5,8-9,12,17H,3,6-7,10H2,1-2H3,(H2,16,18). The van der Waals surface area contributed by atoms with Crippen molar-refractivity contribution in [1.29, 1.82) is 0 Å². The largest absolute Gasteiger partial charge is 0.368 e. The highest BCUT2D eigenvalue weighted by atomic mass is 32.2. The van der Waals surface area contributed by atoms with Gasteiger partial charge in [-0.15, -0.1) is 11.8 Å². The van der Waals surface area contributed by atoms with Crippen molar-refractivity contribution >= 4 is 17.7 Å². The van der Waals surface area contributed by atoms with E-state index in [2.05, 4.69) is 36.5 Å². The average molecular weight is 278 g/mol. The minimum absolute atomic E-state index is 0.212. The molecule has 2 rings (SSSR count). The molecule has 1 aliphatic rings. The molecular formula is C15H22N2OS. The molecule has 0 aliphatic heterocycles. The fraction of sp³-hybridized carbons (Fsp3) is 0.533. The van der Waals surface area contributed by atoms with Crippen LogP contribution in [-0.4, -0.2) is 23.7 Å². The Balaban J connectivity index is 2.07. The van der Waals surface area contributed by atoms with Gasteiger partial charge in [-0.3, -0.25) is 4.79 Å². The second-order valence-corrected chi connectivity index (χ2v) is 6.29. The number of nitrogens with two attached hydrogens (primary N) is 1. The molecule has 1 unspecified atom stereocenters. The van der Waals surface area contributed by atoms with Crippen LogP contribution in [0.2, 0.25) is 0 Å². The number of hydrogen-bond acceptors (Lipinski definition) is 3. The first-order valence-corrected chi connectivity index (χ1v) is 7.81. The lowest BCUT2D eigenvalue weighted by atomic mass is 9.94. The molecule has 1 aromatic carbocycles. The summed E-state index contributed by atoms with van der Waals surface area (Å²) < 4.78 is 0. The third-order valence-electron chi connectivity index (χ3n) is 3.69. The number of thioether (sulfide) groups is 1. The highest BCUT2D eigenvalue weighted by molar-refractivity contribution is 7.99. The van der Waals surface area contributed by atoms with Crippen molar-refractivity contribution in [2.75, 3.05) is 12.3 Å². The van der Waals surface area contributed by atoms with E-state index in [-0.39, 0.29) is 5.91 Å². The summed E-state index contributed by atoms with van der Waals surface area (Å²) in [6, 6.07) is 8.40. The molecule has 3 N–H and O–H groups in total. The van der Waals surface area contributed by atoms with Gasteiger partial charge in [-0.05, 0) is 44.4 Å². The summed E-state index contributed by atoms with van der Waals surface area (Å²) in [5, 5.41) is 3.34. The number of amides is 1. The molecule has 4 heteroatoms. The number of carbonyl (C=O) groups is 1. The van der Waals surface area contributed by atoms with Crippen LogP contribution < -0.4 is 11.1 Å². The second kappa shape index (κ2) is 5.97. The van der Waals surface area contributed by atoms with Crippen LogP contribution in [0.15, 0.2) is 29.2 Å². The summed E-state index contributed by atoms with van der Waals surface area (Å²) in [5.74, 6) is 0.906. The Kier molecular flexibility index (Phi) is 4.53. The monoisotopic (exact) mass is 278 g/mol. The van der Waals surface area contributed by atoms with Gasteiger partial charge in [0.2, 0.25) is 5.91 Å². The Morgan fingerprint density at radius 1 is 1.42 bits per heavy atom. The van der Waals surface area contributed by atoms with Crippen LogP contribution in [-0.2, 0) is 4.79 Å². The van der Waals surface area contributed by atoms with Gasteiger partial charge in [0.1, 0.15) is 5.54 Å². The van der Waals surface area contributed by atoms with E-state index in [1.807, 2.05) is 6.92 Å². The molecule has 19 heavy (non-hydrogen) atoms. The average Bonchev–Trinajstić information content (AvgIpc) is 3.20. The number of benzene rings is 1. The Morgan fingerprint density at radius 3 is 2.53 bits per heavy atom. The van der Waals surface area contributed by atoms with Gasteiger partial charge in [0.15, 0.2) is 0 Å². The minimum Gasteiger partial charge on any atom is -0.368 e. The Morgan fingerprint density at radius 2 is 2.05 bits per heavy atom. The van der Waals surface area contributed by atoms with Gasteiger partial charge in [0.25, 0.3) is 0 Å². The van der Waals surface area contributed by atoms with Gasteiger partial charge in [-0.1, -0.05) is 24.6 Å². The maximum atomic E-state index is 11.9. The van der Waals surface area contributed by atoms with Gasteiger partial charge in [-0.25, -0.2) is 0 Å². The number of carbonyl (C=O) groups excluding carboxylic acids is 1. The molecule has 1 aliphatic carbocycles. The highest BCUT2D eigenvalue weighted by Crippen LogP contribution is 2.42. The molecule has 104 valence electrons. The van der Waals surface area contributed by atoms with Crippen LogP contribution in [0.1, 0.15) is 25.3 Å². The fourth-order valence-corrected chi connectivity index (χ4v) is 3.60. The van der Waals surface area contributed by atoms with Crippen molar-refractivity contribution in [3.8, 4) is 0 Å². The zero-order chi connectivity index (χ0) is 13.9. The molecule has 0 bridgehead atoms. The Labute approximate surface area is 119 Å². The van der Waals surface area contributed by atoms with Crippen LogP contribution in [0.25, 0.3) is 0 Å².